The lowest BCUT2D eigenvalue weighted by Crippen LogP contribution is -2.20. The van der Waals surface area contributed by atoms with Crippen molar-refractivity contribution >= 4 is 11.9 Å². The molecule has 102 valence electrons. The molecular formula is C15H19NO3. The van der Waals surface area contributed by atoms with Crippen LogP contribution in [-0.2, 0) is 16.1 Å². The van der Waals surface area contributed by atoms with Gasteiger partial charge in [0.15, 0.2) is 0 Å². The van der Waals surface area contributed by atoms with Crippen molar-refractivity contribution in [1.29, 1.82) is 0 Å². The number of ether oxygens (including phenoxy) is 1. The molecule has 1 aromatic carbocycles. The summed E-state index contributed by atoms with van der Waals surface area (Å²) in [6.07, 6.45) is 3.59. The first-order valence-corrected chi connectivity index (χ1v) is 6.65. The summed E-state index contributed by atoms with van der Waals surface area (Å²) in [4.78, 5) is 22.6. The minimum Gasteiger partial charge on any atom is -0.462 e. The van der Waals surface area contributed by atoms with Crippen molar-refractivity contribution in [2.45, 2.75) is 32.7 Å². The highest BCUT2D eigenvalue weighted by Crippen LogP contribution is 2.26. The Kier molecular flexibility index (Phi) is 4.55. The Morgan fingerprint density at radius 2 is 1.95 bits per heavy atom. The van der Waals surface area contributed by atoms with Gasteiger partial charge in [0.05, 0.1) is 12.2 Å². The first-order valence-electron chi connectivity index (χ1n) is 6.65. The zero-order valence-corrected chi connectivity index (χ0v) is 11.1. The molecule has 0 saturated heterocycles. The zero-order valence-electron chi connectivity index (χ0n) is 11.1. The summed E-state index contributed by atoms with van der Waals surface area (Å²) in [6, 6.07) is 7.13. The predicted molar refractivity (Wildman–Crippen MR) is 71.6 cm³/mol. The van der Waals surface area contributed by atoms with Crippen LogP contribution < -0.4 is 5.32 Å². The van der Waals surface area contributed by atoms with E-state index < -0.39 is 0 Å². The van der Waals surface area contributed by atoms with Gasteiger partial charge in [0.2, 0.25) is 5.91 Å². The summed E-state index contributed by atoms with van der Waals surface area (Å²) >= 11 is 0. The molecule has 1 amide bonds. The molecule has 1 aliphatic rings. The summed E-state index contributed by atoms with van der Waals surface area (Å²) in [7, 11) is 0. The van der Waals surface area contributed by atoms with Crippen molar-refractivity contribution in [1.82, 2.24) is 5.32 Å². The molecule has 19 heavy (non-hydrogen) atoms. The number of carbonyl (C=O) groups is 2. The van der Waals surface area contributed by atoms with E-state index in [0.717, 1.165) is 5.56 Å². The Balaban J connectivity index is 1.82. The molecule has 0 bridgehead atoms. The molecule has 0 aromatic heterocycles. The highest BCUT2D eigenvalue weighted by Gasteiger charge is 2.19. The van der Waals surface area contributed by atoms with Crippen LogP contribution in [0.5, 0.6) is 0 Å². The molecule has 2 rings (SSSR count). The highest BCUT2D eigenvalue weighted by molar-refractivity contribution is 5.89. The number of benzene rings is 1. The van der Waals surface area contributed by atoms with Crippen molar-refractivity contribution in [3.63, 3.8) is 0 Å². The fraction of sp³-hybridized carbons (Fsp3) is 0.467. The number of carbonyl (C=O) groups excluding carboxylic acids is 2. The van der Waals surface area contributed by atoms with Crippen molar-refractivity contribution in [2.75, 3.05) is 6.61 Å². The van der Waals surface area contributed by atoms with Gasteiger partial charge in [-0.25, -0.2) is 4.79 Å². The number of amides is 1. The van der Waals surface area contributed by atoms with Crippen LogP contribution in [0.25, 0.3) is 0 Å². The molecular weight excluding hydrogens is 242 g/mol. The third-order valence-corrected chi connectivity index (χ3v) is 3.41. The second-order valence-electron chi connectivity index (χ2n) is 5.00. The van der Waals surface area contributed by atoms with Gasteiger partial charge in [-0.15, -0.1) is 0 Å². The lowest BCUT2D eigenvalue weighted by molar-refractivity contribution is -0.119. The minimum absolute atomic E-state index is 0.0658. The maximum atomic E-state index is 11.8. The number of nitrogens with one attached hydrogen (secondary N) is 1. The Morgan fingerprint density at radius 3 is 2.47 bits per heavy atom. The van der Waals surface area contributed by atoms with Crippen LogP contribution in [0.3, 0.4) is 0 Å². The molecule has 0 radical (unpaired) electrons. The quantitative estimate of drug-likeness (QED) is 0.827. The van der Waals surface area contributed by atoms with E-state index in [-0.39, 0.29) is 11.9 Å². The Bertz CT molecular complexity index is 449. The average molecular weight is 261 g/mol. The monoisotopic (exact) mass is 261 g/mol. The zero-order chi connectivity index (χ0) is 13.7. The molecule has 1 aliphatic carbocycles. The summed E-state index contributed by atoms with van der Waals surface area (Å²) in [5.41, 5.74) is 1.52. The van der Waals surface area contributed by atoms with E-state index in [1.165, 1.54) is 26.2 Å². The van der Waals surface area contributed by atoms with Crippen LogP contribution >= 0.6 is 0 Å². The lowest BCUT2D eigenvalue weighted by atomic mass is 9.86. The molecule has 1 saturated carbocycles. The first kappa shape index (κ1) is 13.6. The molecule has 4 nitrogen and oxygen atoms in total. The smallest absolute Gasteiger partial charge is 0.338 e. The third-order valence-electron chi connectivity index (χ3n) is 3.41. The van der Waals surface area contributed by atoms with E-state index in [1.807, 2.05) is 12.1 Å². The van der Waals surface area contributed by atoms with Crippen molar-refractivity contribution in [3.8, 4) is 0 Å². The van der Waals surface area contributed by atoms with Gasteiger partial charge in [-0.05, 0) is 36.5 Å². The maximum Gasteiger partial charge on any atom is 0.338 e. The summed E-state index contributed by atoms with van der Waals surface area (Å²) < 4.78 is 5.26. The highest BCUT2D eigenvalue weighted by atomic mass is 16.5. The normalized spacial score (nSPS) is 14.6. The van der Waals surface area contributed by atoms with Gasteiger partial charge in [0.1, 0.15) is 0 Å². The maximum absolute atomic E-state index is 11.8. The topological polar surface area (TPSA) is 55.4 Å². The molecule has 1 N–H and O–H groups in total. The molecule has 0 unspecified atom stereocenters. The molecule has 0 heterocycles. The molecule has 1 fully saturated rings. The fourth-order valence-electron chi connectivity index (χ4n) is 1.92. The van der Waals surface area contributed by atoms with Crippen molar-refractivity contribution < 1.29 is 14.3 Å². The fourth-order valence-corrected chi connectivity index (χ4v) is 1.92. The van der Waals surface area contributed by atoms with E-state index in [9.17, 15) is 9.59 Å². The van der Waals surface area contributed by atoms with E-state index >= 15 is 0 Å². The van der Waals surface area contributed by atoms with E-state index in [0.29, 0.717) is 24.6 Å². The number of rotatable bonds is 5. The van der Waals surface area contributed by atoms with Gasteiger partial charge in [-0.2, -0.15) is 0 Å². The van der Waals surface area contributed by atoms with Gasteiger partial charge in [0.25, 0.3) is 0 Å². The van der Waals surface area contributed by atoms with Crippen molar-refractivity contribution in [3.05, 3.63) is 35.4 Å². The van der Waals surface area contributed by atoms with Gasteiger partial charge in [0, 0.05) is 13.5 Å². The Morgan fingerprint density at radius 1 is 1.26 bits per heavy atom. The number of hydrogen-bond acceptors (Lipinski definition) is 3. The average Bonchev–Trinajstić information content (AvgIpc) is 2.35. The van der Waals surface area contributed by atoms with Gasteiger partial charge < -0.3 is 10.1 Å². The predicted octanol–water partition coefficient (Wildman–Crippen LogP) is 2.28. The van der Waals surface area contributed by atoms with Crippen LogP contribution in [0.2, 0.25) is 0 Å². The van der Waals surface area contributed by atoms with Crippen LogP contribution in [-0.4, -0.2) is 18.5 Å². The van der Waals surface area contributed by atoms with Gasteiger partial charge >= 0.3 is 5.97 Å². The minimum atomic E-state index is -0.266. The number of esters is 1. The van der Waals surface area contributed by atoms with Crippen LogP contribution in [0.1, 0.15) is 42.1 Å². The van der Waals surface area contributed by atoms with Crippen LogP contribution in [0, 0.1) is 5.92 Å². The van der Waals surface area contributed by atoms with Gasteiger partial charge in [-0.1, -0.05) is 18.6 Å². The van der Waals surface area contributed by atoms with E-state index in [4.69, 9.17) is 4.74 Å². The second kappa shape index (κ2) is 6.36. The van der Waals surface area contributed by atoms with E-state index in [1.54, 1.807) is 12.1 Å². The lowest BCUT2D eigenvalue weighted by Gasteiger charge is -2.24. The van der Waals surface area contributed by atoms with Crippen molar-refractivity contribution in [2.24, 2.45) is 5.92 Å². The Hall–Kier alpha value is -1.84. The first-order chi connectivity index (χ1) is 9.15. The largest absolute Gasteiger partial charge is 0.462 e. The summed E-state index contributed by atoms with van der Waals surface area (Å²) in [5, 5.41) is 2.71. The van der Waals surface area contributed by atoms with Gasteiger partial charge in [-0.3, -0.25) is 4.79 Å². The van der Waals surface area contributed by atoms with E-state index in [2.05, 4.69) is 5.32 Å². The molecule has 4 heteroatoms. The summed E-state index contributed by atoms with van der Waals surface area (Å²) in [6.45, 7) is 2.49. The Labute approximate surface area is 113 Å². The second-order valence-corrected chi connectivity index (χ2v) is 5.00. The SMILES string of the molecule is CC(=O)NCc1ccc(C(=O)OCC2CCC2)cc1. The third kappa shape index (κ3) is 4.09. The standard InChI is InChI=1S/C15H19NO3/c1-11(17)16-9-12-5-7-14(8-6-12)15(18)19-10-13-3-2-4-13/h5-8,13H,2-4,9-10H2,1H3,(H,16,17). The van der Waals surface area contributed by atoms with Crippen LogP contribution in [0.4, 0.5) is 0 Å². The molecule has 0 spiro atoms. The molecule has 1 aromatic rings. The van der Waals surface area contributed by atoms with Crippen LogP contribution in [0.15, 0.2) is 24.3 Å². The molecule has 0 aliphatic heterocycles. The molecule has 0 atom stereocenters. The summed E-state index contributed by atoms with van der Waals surface area (Å²) in [5.74, 6) is 0.227. The number of hydrogen-bond donors (Lipinski definition) is 1.